The lowest BCUT2D eigenvalue weighted by molar-refractivity contribution is -0.318. The topological polar surface area (TPSA) is 201 Å². The molecule has 1 aliphatic carbocycles. The van der Waals surface area contributed by atoms with E-state index in [2.05, 4.69) is 65.6 Å². The van der Waals surface area contributed by atoms with E-state index >= 15 is 0 Å². The molecule has 19 heteroatoms. The van der Waals surface area contributed by atoms with Crippen LogP contribution >= 0.6 is 0 Å². The lowest BCUT2D eigenvalue weighted by atomic mass is 9.71. The summed E-state index contributed by atoms with van der Waals surface area (Å²) in [6.07, 6.45) is 8.55. The van der Waals surface area contributed by atoms with Gasteiger partial charge < -0.3 is 72.2 Å². The molecule has 3 N–H and O–H groups in total. The van der Waals surface area contributed by atoms with Gasteiger partial charge in [0.25, 0.3) is 0 Å². The molecule has 2 bridgehead atoms. The van der Waals surface area contributed by atoms with Crippen LogP contribution in [0.2, 0.25) is 0 Å². The summed E-state index contributed by atoms with van der Waals surface area (Å²) in [5.41, 5.74) is 1.90. The molecule has 8 aliphatic rings. The number of benzene rings is 2. The van der Waals surface area contributed by atoms with Gasteiger partial charge in [-0.3, -0.25) is 4.79 Å². The van der Waals surface area contributed by atoms with E-state index in [1.54, 1.807) is 40.2 Å². The highest BCUT2D eigenvalue weighted by atomic mass is 19.1. The molecule has 2 aromatic carbocycles. The Morgan fingerprint density at radius 3 is 2.26 bits per heavy atom. The van der Waals surface area contributed by atoms with Crippen molar-refractivity contribution in [3.8, 4) is 5.75 Å². The van der Waals surface area contributed by atoms with Crippen LogP contribution in [0, 0.1) is 35.3 Å². The van der Waals surface area contributed by atoms with E-state index in [0.29, 0.717) is 49.9 Å². The third kappa shape index (κ3) is 14.6. The maximum absolute atomic E-state index is 14.3. The molecule has 7 aliphatic heterocycles. The van der Waals surface area contributed by atoms with Gasteiger partial charge in [-0.15, -0.1) is 0 Å². The fourth-order valence-corrected chi connectivity index (χ4v) is 13.5. The number of methoxy groups -OCH3 is 2. The van der Waals surface area contributed by atoms with Crippen molar-refractivity contribution in [3.63, 3.8) is 0 Å². The van der Waals surface area contributed by atoms with Crippen molar-refractivity contribution < 1.29 is 85.7 Å². The van der Waals surface area contributed by atoms with Gasteiger partial charge in [-0.2, -0.15) is 0 Å². The minimum atomic E-state index is -1.84. The van der Waals surface area contributed by atoms with Crippen LogP contribution in [0.5, 0.6) is 5.75 Å². The van der Waals surface area contributed by atoms with Crippen molar-refractivity contribution in [1.29, 1.82) is 0 Å². The van der Waals surface area contributed by atoms with Crippen LogP contribution in [-0.2, 0) is 62.3 Å². The standard InChI is InChI=1S/C48H72O14.C21H23F2NO2/c1-11-25(2)43-28(5)17-18-47(62-43)23-34-20-33(61-47)16-15-27(4)42(26(3)13-12-14-32-24-55-45-40(49)29(6)19-35(46(51)58-34)48(32,45)52)59-39-22-37(54-10)44(31(8)57-39)60-38-21-36(53-9)41(50)30(7)56-38;1-5-25-18-11-13(21(2,3)4)9-10-14(18)17-12-26-20(24-17)19-15(22)7-6-8-16(19)23/h12-15,17-19,25-26,28,30-31,33-45,49-50,52H,11,16,20-24H2,1-10H3;6-11,17H,5,12H2,1-4H3/b13-12+,27-15+,32-14+;/t25-,26-,28-,30-,31-,33+,34-,35-,36-,37-,38-,39-,40+,41-,42-,43+,44-,45+,47+,48+;/m0./s1. The van der Waals surface area contributed by atoms with Gasteiger partial charge in [0.15, 0.2) is 18.4 Å². The summed E-state index contributed by atoms with van der Waals surface area (Å²) in [4.78, 5) is 18.8. The number of allylic oxidation sites excluding steroid dienone is 2. The highest BCUT2D eigenvalue weighted by Gasteiger charge is 2.60. The van der Waals surface area contributed by atoms with Gasteiger partial charge >= 0.3 is 5.97 Å². The Balaban J connectivity index is 0.000000294. The lowest BCUT2D eigenvalue weighted by Gasteiger charge is -2.48. The maximum Gasteiger partial charge on any atom is 0.316 e. The fourth-order valence-electron chi connectivity index (χ4n) is 13.5. The summed E-state index contributed by atoms with van der Waals surface area (Å²) >= 11 is 0. The predicted molar refractivity (Wildman–Crippen MR) is 325 cm³/mol. The summed E-state index contributed by atoms with van der Waals surface area (Å²) in [5, 5.41) is 34.2. The third-order valence-electron chi connectivity index (χ3n) is 18.9. The molecule has 4 fully saturated rings. The molecule has 0 aromatic heterocycles. The Hall–Kier alpha value is -4.74. The highest BCUT2D eigenvalue weighted by molar-refractivity contribution is 5.95. The molecule has 0 radical (unpaired) electrons. The second-order valence-corrected chi connectivity index (χ2v) is 26.2. The first-order valence-corrected chi connectivity index (χ1v) is 31.6. The van der Waals surface area contributed by atoms with Gasteiger partial charge in [0, 0.05) is 57.3 Å². The van der Waals surface area contributed by atoms with Crippen molar-refractivity contribution in [2.75, 3.05) is 34.0 Å². The van der Waals surface area contributed by atoms with E-state index in [-0.39, 0.29) is 72.2 Å². The van der Waals surface area contributed by atoms with Crippen LogP contribution in [0.4, 0.5) is 8.78 Å². The first-order chi connectivity index (χ1) is 41.8. The van der Waals surface area contributed by atoms with Crippen molar-refractivity contribution in [2.45, 2.75) is 230 Å². The Labute approximate surface area is 518 Å². The number of halogens is 2. The van der Waals surface area contributed by atoms with Crippen LogP contribution in [0.3, 0.4) is 0 Å². The van der Waals surface area contributed by atoms with Gasteiger partial charge in [-0.25, -0.2) is 13.8 Å². The Morgan fingerprint density at radius 1 is 0.864 bits per heavy atom. The zero-order valence-corrected chi connectivity index (χ0v) is 53.7. The number of carbonyl (C=O) groups is 1. The average Bonchev–Trinajstić information content (AvgIpc) is 1.68. The summed E-state index contributed by atoms with van der Waals surface area (Å²) in [7, 11) is 3.22. The number of hydrogen-bond acceptors (Lipinski definition) is 17. The lowest BCUT2D eigenvalue weighted by Crippen LogP contribution is -2.58. The average molecular weight is 1230 g/mol. The Bertz CT molecular complexity index is 2920. The van der Waals surface area contributed by atoms with E-state index < -0.39 is 102 Å². The Morgan fingerprint density at radius 2 is 1.57 bits per heavy atom. The van der Waals surface area contributed by atoms with Crippen LogP contribution in [-0.4, -0.2) is 158 Å². The van der Waals surface area contributed by atoms with Gasteiger partial charge in [0.05, 0.1) is 55.9 Å². The van der Waals surface area contributed by atoms with E-state index in [9.17, 15) is 28.9 Å². The normalized spacial score (nSPS) is 39.6. The molecule has 2 aromatic rings. The van der Waals surface area contributed by atoms with E-state index in [0.717, 1.165) is 28.9 Å². The maximum atomic E-state index is 14.3. The summed E-state index contributed by atoms with van der Waals surface area (Å²) in [6.45, 7) is 25.1. The van der Waals surface area contributed by atoms with E-state index in [1.165, 1.54) is 18.2 Å². The largest absolute Gasteiger partial charge is 0.494 e. The zero-order chi connectivity index (χ0) is 63.6. The number of aliphatic hydroxyl groups is 3. The molecule has 17 nitrogen and oxygen atoms in total. The second-order valence-electron chi connectivity index (χ2n) is 26.2. The predicted octanol–water partition coefficient (Wildman–Crippen LogP) is 10.6. The van der Waals surface area contributed by atoms with Gasteiger partial charge in [-0.05, 0) is 98.9 Å². The number of carbonyl (C=O) groups excluding carboxylic acids is 1. The molecular formula is C69H95F2NO16. The van der Waals surface area contributed by atoms with Crippen molar-refractivity contribution in [3.05, 3.63) is 124 Å². The van der Waals surface area contributed by atoms with E-state index in [1.807, 2.05) is 57.2 Å². The number of rotatable bonds is 12. The fraction of sp³-hybridized carbons (Fsp3) is 0.652. The number of aliphatic hydroxyl groups excluding tert-OH is 2. The summed E-state index contributed by atoms with van der Waals surface area (Å²) in [5.74, 6) is -3.21. The molecule has 21 atom stereocenters. The number of aliphatic imine (C=N–C) groups is 1. The summed E-state index contributed by atoms with van der Waals surface area (Å²) < 4.78 is 103. The molecule has 486 valence electrons. The van der Waals surface area contributed by atoms with Crippen LogP contribution in [0.15, 0.2) is 101 Å². The van der Waals surface area contributed by atoms with Crippen LogP contribution in [0.1, 0.15) is 144 Å². The number of nitrogens with zero attached hydrogens (tertiary/aromatic N) is 1. The van der Waals surface area contributed by atoms with Gasteiger partial charge in [0.1, 0.15) is 77.6 Å². The smallest absolute Gasteiger partial charge is 0.316 e. The number of hydrogen-bond donors (Lipinski definition) is 3. The zero-order valence-electron chi connectivity index (χ0n) is 53.7. The summed E-state index contributed by atoms with van der Waals surface area (Å²) in [6, 6.07) is 9.36. The van der Waals surface area contributed by atoms with Gasteiger partial charge in [0.2, 0.25) is 5.90 Å². The number of esters is 1. The van der Waals surface area contributed by atoms with E-state index in [4.69, 9.17) is 56.8 Å². The van der Waals surface area contributed by atoms with Crippen LogP contribution in [0.25, 0.3) is 0 Å². The minimum absolute atomic E-state index is 0.00653. The molecule has 1 spiro atoms. The molecule has 0 amide bonds. The first kappa shape index (κ1) is 67.6. The number of ether oxygens (including phenoxy) is 12. The SMILES string of the molecule is CCOc1cc(C(C)(C)C)ccc1C1COC(c2c(F)cccc2F)=N1.CC[C@H](C)[C@H]1O[C@]2(C=C[C@@H]1C)C[C@@H]1C[C@@H](C/C=C(\C)[C@@H](O[C@H]3C[C@H](OC)[C@@H](O[C@H]4C[C@H](OC)[C@@H](O)[C@H](C)O4)[C@H](C)O3)[C@@H](C)/C=C/C=C3\CO[C@@H]4[C@H](O)C(C)=C[C@@H](C(=O)O1)[C@]34O)O2. The van der Waals surface area contributed by atoms with Crippen molar-refractivity contribution in [1.82, 2.24) is 0 Å². The molecule has 88 heavy (non-hydrogen) atoms. The minimum Gasteiger partial charge on any atom is -0.494 e. The van der Waals surface area contributed by atoms with Crippen molar-refractivity contribution >= 4 is 11.9 Å². The molecule has 4 saturated heterocycles. The quantitative estimate of drug-likeness (QED) is 0.134. The highest BCUT2D eigenvalue weighted by Crippen LogP contribution is 2.48. The molecule has 0 saturated carbocycles. The molecule has 7 heterocycles. The Kier molecular flexibility index (Phi) is 21.8. The molecule has 1 unspecified atom stereocenters. The van der Waals surface area contributed by atoms with Crippen LogP contribution < -0.4 is 4.74 Å². The third-order valence-corrected chi connectivity index (χ3v) is 18.9. The second kappa shape index (κ2) is 28.4. The van der Waals surface area contributed by atoms with Gasteiger partial charge in [-0.1, -0.05) is 110 Å². The van der Waals surface area contributed by atoms with Crippen molar-refractivity contribution in [2.24, 2.45) is 28.7 Å². The molecular weight excluding hydrogens is 1140 g/mol. The monoisotopic (exact) mass is 1230 g/mol. The molecule has 10 rings (SSSR count). The number of fused-ring (bicyclic) bond motifs is 2. The first-order valence-electron chi connectivity index (χ1n) is 31.6.